The van der Waals surface area contributed by atoms with Gasteiger partial charge in [0, 0.05) is 23.3 Å². The van der Waals surface area contributed by atoms with Crippen LogP contribution in [0.15, 0.2) is 24.3 Å². The summed E-state index contributed by atoms with van der Waals surface area (Å²) >= 11 is 7.46. The Morgan fingerprint density at radius 1 is 1.04 bits per heavy atom. The summed E-state index contributed by atoms with van der Waals surface area (Å²) in [6, 6.07) is 7.50. The first-order valence-corrected chi connectivity index (χ1v) is 8.23. The van der Waals surface area contributed by atoms with Crippen molar-refractivity contribution in [2.24, 2.45) is 7.05 Å². The van der Waals surface area contributed by atoms with Crippen LogP contribution in [0, 0.1) is 13.8 Å². The smallest absolute Gasteiger partial charge is 0.235 e. The molecule has 0 amide bonds. The van der Waals surface area contributed by atoms with Crippen molar-refractivity contribution in [3.05, 3.63) is 40.7 Å². The van der Waals surface area contributed by atoms with Gasteiger partial charge in [0.25, 0.3) is 0 Å². The Labute approximate surface area is 141 Å². The first-order chi connectivity index (χ1) is 11.0. The van der Waals surface area contributed by atoms with Gasteiger partial charge in [0.15, 0.2) is 10.8 Å². The van der Waals surface area contributed by atoms with Crippen molar-refractivity contribution in [3.63, 3.8) is 0 Å². The maximum absolute atomic E-state index is 5.95. The number of rotatable bonds is 2. The van der Waals surface area contributed by atoms with Crippen LogP contribution < -0.4 is 0 Å². The highest BCUT2D eigenvalue weighted by atomic mass is 35.5. The minimum Gasteiger partial charge on any atom is -0.272 e. The van der Waals surface area contributed by atoms with Crippen LogP contribution in [-0.2, 0) is 7.05 Å². The molecule has 0 aliphatic rings. The molecule has 4 rings (SSSR count). The predicted molar refractivity (Wildman–Crippen MR) is 90.8 cm³/mol. The minimum absolute atomic E-state index is 0.690. The Kier molecular flexibility index (Phi) is 3.21. The van der Waals surface area contributed by atoms with E-state index in [4.69, 9.17) is 16.7 Å². The average molecular weight is 345 g/mol. The molecule has 0 N–H and O–H groups in total. The number of fused-ring (bicyclic) bond motifs is 1. The summed E-state index contributed by atoms with van der Waals surface area (Å²) in [4.78, 5) is 0.757. The lowest BCUT2D eigenvalue weighted by molar-refractivity contribution is 0.731. The van der Waals surface area contributed by atoms with Crippen LogP contribution in [0.5, 0.6) is 0 Å². The van der Waals surface area contributed by atoms with Crippen LogP contribution in [0.4, 0.5) is 0 Å². The van der Waals surface area contributed by atoms with Crippen LogP contribution in [0.1, 0.15) is 11.4 Å². The first kappa shape index (κ1) is 14.3. The predicted octanol–water partition coefficient (Wildman–Crippen LogP) is 3.52. The van der Waals surface area contributed by atoms with E-state index in [0.717, 1.165) is 32.5 Å². The summed E-state index contributed by atoms with van der Waals surface area (Å²) in [6.07, 6.45) is 0. The summed E-state index contributed by atoms with van der Waals surface area (Å²) in [7, 11) is 1.94. The third-order valence-corrected chi connectivity index (χ3v) is 4.98. The number of nitrogens with zero attached hydrogens (tertiary/aromatic N) is 6. The molecule has 6 nitrogen and oxygen atoms in total. The lowest BCUT2D eigenvalue weighted by Gasteiger charge is -1.98. The number of hydrogen-bond donors (Lipinski definition) is 0. The molecule has 0 spiro atoms. The van der Waals surface area contributed by atoms with E-state index < -0.39 is 0 Å². The number of aryl methyl sites for hydroxylation is 2. The van der Waals surface area contributed by atoms with Crippen LogP contribution in [0.2, 0.25) is 5.02 Å². The summed E-state index contributed by atoms with van der Waals surface area (Å²) in [5.74, 6) is 0.707. The second-order valence-corrected chi connectivity index (χ2v) is 6.69. The highest BCUT2D eigenvalue weighted by Crippen LogP contribution is 2.32. The van der Waals surface area contributed by atoms with Gasteiger partial charge in [0.2, 0.25) is 4.96 Å². The van der Waals surface area contributed by atoms with E-state index in [1.54, 1.807) is 4.52 Å². The van der Waals surface area contributed by atoms with Gasteiger partial charge in [0.1, 0.15) is 0 Å². The van der Waals surface area contributed by atoms with Gasteiger partial charge in [-0.25, -0.2) is 0 Å². The van der Waals surface area contributed by atoms with Gasteiger partial charge in [-0.15, -0.1) is 10.2 Å². The number of hydrogen-bond acceptors (Lipinski definition) is 5. The maximum Gasteiger partial charge on any atom is 0.235 e. The molecule has 1 aromatic carbocycles. The molecule has 3 aromatic heterocycles. The fraction of sp³-hybridized carbons (Fsp3) is 0.200. The molecule has 0 fully saturated rings. The fourth-order valence-electron chi connectivity index (χ4n) is 2.58. The number of halogens is 1. The highest BCUT2D eigenvalue weighted by molar-refractivity contribution is 7.19. The van der Waals surface area contributed by atoms with Gasteiger partial charge < -0.3 is 0 Å². The molecule has 116 valence electrons. The maximum atomic E-state index is 5.95. The van der Waals surface area contributed by atoms with Crippen molar-refractivity contribution in [2.45, 2.75) is 13.8 Å². The van der Waals surface area contributed by atoms with Gasteiger partial charge >= 0.3 is 0 Å². The monoisotopic (exact) mass is 344 g/mol. The third-order valence-electron chi connectivity index (χ3n) is 3.82. The zero-order valence-corrected chi connectivity index (χ0v) is 14.4. The van der Waals surface area contributed by atoms with Crippen molar-refractivity contribution < 1.29 is 0 Å². The summed E-state index contributed by atoms with van der Waals surface area (Å²) < 4.78 is 3.64. The van der Waals surface area contributed by atoms with E-state index >= 15 is 0 Å². The zero-order valence-electron chi connectivity index (χ0n) is 12.8. The Bertz CT molecular complexity index is 1010. The lowest BCUT2D eigenvalue weighted by Crippen LogP contribution is -1.93. The quantitative estimate of drug-likeness (QED) is 0.558. The Morgan fingerprint density at radius 2 is 1.78 bits per heavy atom. The molecule has 0 unspecified atom stereocenters. The highest BCUT2D eigenvalue weighted by Gasteiger charge is 2.19. The average Bonchev–Trinajstić information content (AvgIpc) is 3.14. The van der Waals surface area contributed by atoms with Gasteiger partial charge in [-0.05, 0) is 38.1 Å². The van der Waals surface area contributed by atoms with Gasteiger partial charge in [-0.1, -0.05) is 22.9 Å². The molecule has 0 bridgehead atoms. The van der Waals surface area contributed by atoms with Gasteiger partial charge in [-0.2, -0.15) is 14.7 Å². The molecular weight excluding hydrogens is 332 g/mol. The Balaban J connectivity index is 1.88. The molecule has 0 atom stereocenters. The van der Waals surface area contributed by atoms with Crippen molar-refractivity contribution in [1.82, 2.24) is 29.6 Å². The van der Waals surface area contributed by atoms with E-state index in [-0.39, 0.29) is 0 Å². The molecular formula is C15H13ClN6S. The van der Waals surface area contributed by atoms with Crippen molar-refractivity contribution >= 4 is 27.9 Å². The topological polar surface area (TPSA) is 60.9 Å². The van der Waals surface area contributed by atoms with Crippen molar-refractivity contribution in [3.8, 4) is 22.0 Å². The van der Waals surface area contributed by atoms with Crippen molar-refractivity contribution in [1.29, 1.82) is 0 Å². The molecule has 8 heteroatoms. The van der Waals surface area contributed by atoms with E-state index in [1.807, 2.05) is 49.8 Å². The van der Waals surface area contributed by atoms with Gasteiger partial charge in [-0.3, -0.25) is 4.68 Å². The number of benzene rings is 1. The molecule has 0 aliphatic heterocycles. The zero-order chi connectivity index (χ0) is 16.1. The molecule has 0 radical (unpaired) electrons. The van der Waals surface area contributed by atoms with Crippen LogP contribution in [0.25, 0.3) is 26.9 Å². The van der Waals surface area contributed by atoms with E-state index in [2.05, 4.69) is 15.3 Å². The third kappa shape index (κ3) is 2.24. The normalized spacial score (nSPS) is 11.5. The Hall–Kier alpha value is -2.25. The SMILES string of the molecule is Cc1nn(C)c(C)c1-c1nn2c(-c3ccc(Cl)cc3)nnc2s1. The number of aromatic nitrogens is 6. The van der Waals surface area contributed by atoms with Crippen LogP contribution in [-0.4, -0.2) is 29.6 Å². The second-order valence-electron chi connectivity index (χ2n) is 5.30. The first-order valence-electron chi connectivity index (χ1n) is 7.03. The summed E-state index contributed by atoms with van der Waals surface area (Å²) in [5.41, 5.74) is 4.03. The van der Waals surface area contributed by atoms with Crippen LogP contribution >= 0.6 is 22.9 Å². The van der Waals surface area contributed by atoms with E-state index in [0.29, 0.717) is 10.8 Å². The molecule has 0 saturated heterocycles. The standard InChI is InChI=1S/C15H13ClN6S/c1-8-12(9(2)21(3)19-8)14-20-22-13(17-18-15(22)23-14)10-4-6-11(16)7-5-10/h4-7H,1-3H3. The molecule has 3 heterocycles. The molecule has 0 aliphatic carbocycles. The molecule has 23 heavy (non-hydrogen) atoms. The van der Waals surface area contributed by atoms with Gasteiger partial charge in [0.05, 0.1) is 11.3 Å². The molecule has 4 aromatic rings. The molecule has 0 saturated carbocycles. The largest absolute Gasteiger partial charge is 0.272 e. The lowest BCUT2D eigenvalue weighted by atomic mass is 10.2. The Morgan fingerprint density at radius 3 is 2.43 bits per heavy atom. The summed E-state index contributed by atoms with van der Waals surface area (Å²) in [6.45, 7) is 4.03. The second kappa shape index (κ2) is 5.14. The van der Waals surface area contributed by atoms with Crippen molar-refractivity contribution in [2.75, 3.05) is 0 Å². The van der Waals surface area contributed by atoms with Crippen LogP contribution in [0.3, 0.4) is 0 Å². The van der Waals surface area contributed by atoms with E-state index in [9.17, 15) is 0 Å². The fourth-order valence-corrected chi connectivity index (χ4v) is 3.69. The summed E-state index contributed by atoms with van der Waals surface area (Å²) in [5, 5.41) is 19.2. The van der Waals surface area contributed by atoms with E-state index in [1.165, 1.54) is 11.3 Å². The minimum atomic E-state index is 0.690.